The molecule has 0 aromatic heterocycles. The topological polar surface area (TPSA) is 84.9 Å². The fraction of sp³-hybridized carbons (Fsp3) is 0.571. The zero-order chi connectivity index (χ0) is 15.7. The molecule has 0 heterocycles. The van der Waals surface area contributed by atoms with Crippen LogP contribution in [0.25, 0.3) is 0 Å². The highest BCUT2D eigenvalue weighted by Crippen LogP contribution is 2.16. The molecule has 1 unspecified atom stereocenters. The number of rotatable bonds is 10. The zero-order valence-electron chi connectivity index (χ0n) is 12.4. The standard InChI is InChI=1S/C14H23NO5S/c1-3-10-20-13-4-6-14(7-5-13)21(17,18)15-12(8-9-16)11-19-2/h4-7,12,15-16H,3,8-11H2,1-2H3. The Balaban J connectivity index is 2.76. The minimum atomic E-state index is -3.64. The molecule has 0 radical (unpaired) electrons. The summed E-state index contributed by atoms with van der Waals surface area (Å²) in [5.74, 6) is 0.639. The van der Waals surface area contributed by atoms with Crippen LogP contribution in [-0.2, 0) is 14.8 Å². The van der Waals surface area contributed by atoms with Crippen molar-refractivity contribution in [2.75, 3.05) is 26.9 Å². The fourth-order valence-electron chi connectivity index (χ4n) is 1.76. The van der Waals surface area contributed by atoms with Crippen molar-refractivity contribution in [1.29, 1.82) is 0 Å². The molecule has 1 aromatic carbocycles. The van der Waals surface area contributed by atoms with Crippen LogP contribution < -0.4 is 9.46 Å². The van der Waals surface area contributed by atoms with Crippen LogP contribution in [0.15, 0.2) is 29.2 Å². The van der Waals surface area contributed by atoms with Crippen LogP contribution in [0.1, 0.15) is 19.8 Å². The van der Waals surface area contributed by atoms with E-state index in [0.29, 0.717) is 18.8 Å². The van der Waals surface area contributed by atoms with Crippen LogP contribution >= 0.6 is 0 Å². The van der Waals surface area contributed by atoms with Gasteiger partial charge in [-0.2, -0.15) is 0 Å². The monoisotopic (exact) mass is 317 g/mol. The van der Waals surface area contributed by atoms with Crippen LogP contribution in [0.4, 0.5) is 0 Å². The number of aliphatic hydroxyl groups excluding tert-OH is 1. The van der Waals surface area contributed by atoms with Gasteiger partial charge in [0.05, 0.1) is 18.1 Å². The molecule has 0 bridgehead atoms. The molecule has 0 aliphatic rings. The molecule has 0 saturated carbocycles. The molecular weight excluding hydrogens is 294 g/mol. The van der Waals surface area contributed by atoms with Crippen molar-refractivity contribution in [2.45, 2.75) is 30.7 Å². The summed E-state index contributed by atoms with van der Waals surface area (Å²) in [6.07, 6.45) is 1.19. The van der Waals surface area contributed by atoms with Gasteiger partial charge in [0.1, 0.15) is 5.75 Å². The number of benzene rings is 1. The number of sulfonamides is 1. The van der Waals surface area contributed by atoms with Crippen molar-refractivity contribution in [3.63, 3.8) is 0 Å². The molecule has 120 valence electrons. The summed E-state index contributed by atoms with van der Waals surface area (Å²) in [6, 6.07) is 5.79. The summed E-state index contributed by atoms with van der Waals surface area (Å²) in [4.78, 5) is 0.158. The van der Waals surface area contributed by atoms with E-state index in [0.717, 1.165) is 6.42 Å². The lowest BCUT2D eigenvalue weighted by atomic mass is 10.2. The maximum absolute atomic E-state index is 12.2. The summed E-state index contributed by atoms with van der Waals surface area (Å²) < 4.78 is 37.3. The molecule has 6 nitrogen and oxygen atoms in total. The van der Waals surface area contributed by atoms with Crippen molar-refractivity contribution < 1.29 is 23.0 Å². The molecule has 0 fully saturated rings. The van der Waals surface area contributed by atoms with Crippen LogP contribution in [0.5, 0.6) is 5.75 Å². The van der Waals surface area contributed by atoms with Gasteiger partial charge in [0, 0.05) is 19.8 Å². The maximum Gasteiger partial charge on any atom is 0.240 e. The first kappa shape index (κ1) is 17.9. The molecule has 0 aliphatic heterocycles. The van der Waals surface area contributed by atoms with Gasteiger partial charge in [0.2, 0.25) is 10.0 Å². The quantitative estimate of drug-likeness (QED) is 0.676. The van der Waals surface area contributed by atoms with E-state index in [2.05, 4.69) is 4.72 Å². The van der Waals surface area contributed by atoms with Gasteiger partial charge in [0.15, 0.2) is 0 Å². The van der Waals surface area contributed by atoms with E-state index in [1.807, 2.05) is 6.92 Å². The molecule has 7 heteroatoms. The summed E-state index contributed by atoms with van der Waals surface area (Å²) >= 11 is 0. The Morgan fingerprint density at radius 2 is 1.95 bits per heavy atom. The van der Waals surface area contributed by atoms with Gasteiger partial charge in [-0.1, -0.05) is 6.92 Å². The Kier molecular flexibility index (Phi) is 7.66. The van der Waals surface area contributed by atoms with E-state index >= 15 is 0 Å². The van der Waals surface area contributed by atoms with E-state index < -0.39 is 16.1 Å². The molecule has 2 N–H and O–H groups in total. The Morgan fingerprint density at radius 3 is 2.48 bits per heavy atom. The lowest BCUT2D eigenvalue weighted by Crippen LogP contribution is -2.38. The minimum Gasteiger partial charge on any atom is -0.494 e. The van der Waals surface area contributed by atoms with Crippen molar-refractivity contribution in [3.05, 3.63) is 24.3 Å². The first-order valence-electron chi connectivity index (χ1n) is 6.88. The van der Waals surface area contributed by atoms with Crippen molar-refractivity contribution >= 4 is 10.0 Å². The van der Waals surface area contributed by atoms with Crippen LogP contribution in [0, 0.1) is 0 Å². The lowest BCUT2D eigenvalue weighted by Gasteiger charge is -2.17. The SMILES string of the molecule is CCCOc1ccc(S(=O)(=O)NC(CCO)COC)cc1. The van der Waals surface area contributed by atoms with Gasteiger partial charge >= 0.3 is 0 Å². The van der Waals surface area contributed by atoms with E-state index in [9.17, 15) is 8.42 Å². The van der Waals surface area contributed by atoms with Crippen LogP contribution in [-0.4, -0.2) is 46.5 Å². The number of methoxy groups -OCH3 is 1. The Labute approximate surface area is 126 Å². The summed E-state index contributed by atoms with van der Waals surface area (Å²) in [5.41, 5.74) is 0. The van der Waals surface area contributed by atoms with Gasteiger partial charge in [-0.05, 0) is 37.1 Å². The Bertz CT molecular complexity index is 495. The number of hydrogen-bond donors (Lipinski definition) is 2. The molecule has 1 aromatic rings. The highest BCUT2D eigenvalue weighted by Gasteiger charge is 2.19. The van der Waals surface area contributed by atoms with E-state index in [1.165, 1.54) is 19.2 Å². The highest BCUT2D eigenvalue weighted by molar-refractivity contribution is 7.89. The second kappa shape index (κ2) is 8.99. The molecule has 0 amide bonds. The number of ether oxygens (including phenoxy) is 2. The summed E-state index contributed by atoms with van der Waals surface area (Å²) in [7, 11) is -2.15. The first-order chi connectivity index (χ1) is 10.0. The third-order valence-electron chi connectivity index (χ3n) is 2.77. The number of nitrogens with one attached hydrogen (secondary N) is 1. The third-order valence-corrected chi connectivity index (χ3v) is 4.31. The average Bonchev–Trinajstić information content (AvgIpc) is 2.46. The Morgan fingerprint density at radius 1 is 1.29 bits per heavy atom. The first-order valence-corrected chi connectivity index (χ1v) is 8.36. The Hall–Kier alpha value is -1.15. The predicted octanol–water partition coefficient (Wildman–Crippen LogP) is 1.15. The molecule has 0 spiro atoms. The van der Waals surface area contributed by atoms with E-state index in [-0.39, 0.29) is 18.1 Å². The number of aliphatic hydroxyl groups is 1. The van der Waals surface area contributed by atoms with E-state index in [1.54, 1.807) is 12.1 Å². The molecule has 1 rings (SSSR count). The van der Waals surface area contributed by atoms with Crippen LogP contribution in [0.2, 0.25) is 0 Å². The molecular formula is C14H23NO5S. The molecule has 0 aliphatic carbocycles. The molecule has 21 heavy (non-hydrogen) atoms. The van der Waals surface area contributed by atoms with E-state index in [4.69, 9.17) is 14.6 Å². The summed E-state index contributed by atoms with van der Waals surface area (Å²) in [5, 5.41) is 8.94. The van der Waals surface area contributed by atoms with Crippen molar-refractivity contribution in [3.8, 4) is 5.75 Å². The summed E-state index contributed by atoms with van der Waals surface area (Å²) in [6.45, 7) is 2.69. The highest BCUT2D eigenvalue weighted by atomic mass is 32.2. The normalized spacial score (nSPS) is 13.1. The lowest BCUT2D eigenvalue weighted by molar-refractivity contribution is 0.158. The van der Waals surface area contributed by atoms with Crippen molar-refractivity contribution in [2.24, 2.45) is 0 Å². The smallest absolute Gasteiger partial charge is 0.240 e. The predicted molar refractivity (Wildman–Crippen MR) is 79.9 cm³/mol. The van der Waals surface area contributed by atoms with Crippen molar-refractivity contribution in [1.82, 2.24) is 4.72 Å². The molecule has 1 atom stereocenters. The fourth-order valence-corrected chi connectivity index (χ4v) is 3.01. The largest absolute Gasteiger partial charge is 0.494 e. The molecule has 0 saturated heterocycles. The number of hydrogen-bond acceptors (Lipinski definition) is 5. The second-order valence-corrected chi connectivity index (χ2v) is 6.32. The zero-order valence-corrected chi connectivity index (χ0v) is 13.2. The third kappa shape index (κ3) is 6.01. The minimum absolute atomic E-state index is 0.111. The van der Waals surface area contributed by atoms with Gasteiger partial charge in [-0.3, -0.25) is 0 Å². The average molecular weight is 317 g/mol. The van der Waals surface area contributed by atoms with Gasteiger partial charge in [0.25, 0.3) is 0 Å². The van der Waals surface area contributed by atoms with Gasteiger partial charge in [-0.25, -0.2) is 13.1 Å². The van der Waals surface area contributed by atoms with Crippen LogP contribution in [0.3, 0.4) is 0 Å². The second-order valence-electron chi connectivity index (χ2n) is 4.61. The maximum atomic E-state index is 12.2. The van der Waals surface area contributed by atoms with Gasteiger partial charge < -0.3 is 14.6 Å². The van der Waals surface area contributed by atoms with Gasteiger partial charge in [-0.15, -0.1) is 0 Å².